The fourth-order valence-electron chi connectivity index (χ4n) is 1.82. The number of hydrogen-bond donors (Lipinski definition) is 2. The number of aromatic nitrogens is 1. The van der Waals surface area contributed by atoms with E-state index in [0.717, 1.165) is 18.6 Å². The lowest BCUT2D eigenvalue weighted by atomic mass is 10.2. The maximum atomic E-state index is 12.8. The Morgan fingerprint density at radius 2 is 2.00 bits per heavy atom. The molecule has 0 fully saturated rings. The molecular weight excluding hydrogens is 257 g/mol. The summed E-state index contributed by atoms with van der Waals surface area (Å²) in [5.41, 5.74) is 1.42. The minimum Gasteiger partial charge on any atom is -0.354 e. The van der Waals surface area contributed by atoms with Gasteiger partial charge < -0.3 is 10.3 Å². The van der Waals surface area contributed by atoms with Crippen LogP contribution < -0.4 is 16.2 Å². The molecule has 108 valence electrons. The molecule has 0 saturated carbocycles. The van der Waals surface area contributed by atoms with Gasteiger partial charge in [-0.15, -0.1) is 0 Å². The Kier molecular flexibility index (Phi) is 4.99. The van der Waals surface area contributed by atoms with Gasteiger partial charge >= 0.3 is 6.18 Å². The van der Waals surface area contributed by atoms with Crippen molar-refractivity contribution in [3.05, 3.63) is 17.7 Å². The van der Waals surface area contributed by atoms with E-state index in [0.29, 0.717) is 6.54 Å². The SMILES string of the molecule is CCC(C)N(CC)c1cc(C(F)(F)F)cc(NN)n1. The first-order chi connectivity index (χ1) is 8.83. The second kappa shape index (κ2) is 6.10. The molecule has 1 unspecified atom stereocenters. The van der Waals surface area contributed by atoms with Crippen LogP contribution in [0.3, 0.4) is 0 Å². The van der Waals surface area contributed by atoms with Crippen molar-refractivity contribution in [3.63, 3.8) is 0 Å². The highest BCUT2D eigenvalue weighted by Gasteiger charge is 2.32. The van der Waals surface area contributed by atoms with Crippen LogP contribution in [0.2, 0.25) is 0 Å². The summed E-state index contributed by atoms with van der Waals surface area (Å²) in [6.45, 7) is 6.38. The summed E-state index contributed by atoms with van der Waals surface area (Å²) in [5, 5.41) is 0. The zero-order chi connectivity index (χ0) is 14.6. The molecule has 1 atom stereocenters. The van der Waals surface area contributed by atoms with Crippen LogP contribution in [-0.4, -0.2) is 17.6 Å². The predicted octanol–water partition coefficient (Wildman–Crippen LogP) is 3.01. The Morgan fingerprint density at radius 3 is 2.42 bits per heavy atom. The first-order valence-corrected chi connectivity index (χ1v) is 6.16. The fraction of sp³-hybridized carbons (Fsp3) is 0.583. The molecule has 1 rings (SSSR count). The molecule has 0 saturated heterocycles. The minimum absolute atomic E-state index is 0.00609. The topological polar surface area (TPSA) is 54.2 Å². The number of nitrogens with one attached hydrogen (secondary N) is 1. The molecule has 0 aliphatic carbocycles. The van der Waals surface area contributed by atoms with E-state index in [-0.39, 0.29) is 17.7 Å². The monoisotopic (exact) mass is 276 g/mol. The van der Waals surface area contributed by atoms with Gasteiger partial charge in [0.2, 0.25) is 0 Å². The summed E-state index contributed by atoms with van der Waals surface area (Å²) in [6.07, 6.45) is -3.60. The largest absolute Gasteiger partial charge is 0.416 e. The van der Waals surface area contributed by atoms with Crippen molar-refractivity contribution in [3.8, 4) is 0 Å². The Morgan fingerprint density at radius 1 is 1.37 bits per heavy atom. The van der Waals surface area contributed by atoms with Crippen LogP contribution in [0.4, 0.5) is 24.8 Å². The molecule has 1 aromatic rings. The van der Waals surface area contributed by atoms with E-state index in [1.807, 2.05) is 25.7 Å². The standard InChI is InChI=1S/C12H19F3N4/c1-4-8(3)19(5-2)11-7-9(12(13,14)15)6-10(17-11)18-16/h6-8H,4-5,16H2,1-3H3,(H,17,18). The normalized spacial score (nSPS) is 13.2. The van der Waals surface area contributed by atoms with Crippen molar-refractivity contribution < 1.29 is 13.2 Å². The van der Waals surface area contributed by atoms with E-state index >= 15 is 0 Å². The van der Waals surface area contributed by atoms with Crippen molar-refractivity contribution in [2.24, 2.45) is 5.84 Å². The third-order valence-corrected chi connectivity index (χ3v) is 3.04. The first-order valence-electron chi connectivity index (χ1n) is 6.16. The second-order valence-electron chi connectivity index (χ2n) is 4.28. The van der Waals surface area contributed by atoms with Crippen LogP contribution in [-0.2, 0) is 6.18 Å². The number of alkyl halides is 3. The molecule has 19 heavy (non-hydrogen) atoms. The van der Waals surface area contributed by atoms with Crippen LogP contribution in [0, 0.1) is 0 Å². The van der Waals surface area contributed by atoms with Gasteiger partial charge in [0.25, 0.3) is 0 Å². The summed E-state index contributed by atoms with van der Waals surface area (Å²) in [5.74, 6) is 5.47. The minimum atomic E-state index is -4.42. The lowest BCUT2D eigenvalue weighted by molar-refractivity contribution is -0.137. The first kappa shape index (κ1) is 15.6. The number of nitrogens with two attached hydrogens (primary N) is 1. The van der Waals surface area contributed by atoms with Gasteiger partial charge in [0, 0.05) is 12.6 Å². The third-order valence-electron chi connectivity index (χ3n) is 3.04. The lowest BCUT2D eigenvalue weighted by Crippen LogP contribution is -2.33. The highest BCUT2D eigenvalue weighted by Crippen LogP contribution is 2.33. The van der Waals surface area contributed by atoms with Gasteiger partial charge in [0.05, 0.1) is 5.56 Å². The van der Waals surface area contributed by atoms with Crippen LogP contribution in [0.5, 0.6) is 0 Å². The highest BCUT2D eigenvalue weighted by atomic mass is 19.4. The predicted molar refractivity (Wildman–Crippen MR) is 69.8 cm³/mol. The van der Waals surface area contributed by atoms with E-state index in [1.54, 1.807) is 0 Å². The van der Waals surface area contributed by atoms with Gasteiger partial charge in [0.1, 0.15) is 11.6 Å². The van der Waals surface area contributed by atoms with Gasteiger partial charge in [-0.25, -0.2) is 10.8 Å². The quantitative estimate of drug-likeness (QED) is 0.641. The Hall–Kier alpha value is -1.50. The number of hydrazine groups is 1. The number of rotatable bonds is 5. The zero-order valence-electron chi connectivity index (χ0n) is 11.3. The molecule has 0 bridgehead atoms. The van der Waals surface area contributed by atoms with Crippen LogP contribution in [0.25, 0.3) is 0 Å². The summed E-state index contributed by atoms with van der Waals surface area (Å²) in [4.78, 5) is 5.91. The molecule has 1 heterocycles. The Balaban J connectivity index is 3.26. The van der Waals surface area contributed by atoms with E-state index in [2.05, 4.69) is 10.4 Å². The third kappa shape index (κ3) is 3.73. The van der Waals surface area contributed by atoms with Gasteiger partial charge in [-0.05, 0) is 32.4 Å². The number of anilines is 2. The average molecular weight is 276 g/mol. The van der Waals surface area contributed by atoms with E-state index in [1.165, 1.54) is 0 Å². The maximum absolute atomic E-state index is 12.8. The summed E-state index contributed by atoms with van der Waals surface area (Å²) in [7, 11) is 0. The van der Waals surface area contributed by atoms with Gasteiger partial charge in [-0.2, -0.15) is 13.2 Å². The van der Waals surface area contributed by atoms with Crippen molar-refractivity contribution >= 4 is 11.6 Å². The summed E-state index contributed by atoms with van der Waals surface area (Å²) >= 11 is 0. The Labute approximate surface area is 110 Å². The van der Waals surface area contributed by atoms with Crippen LogP contribution in [0.15, 0.2) is 12.1 Å². The number of halogens is 3. The van der Waals surface area contributed by atoms with E-state index in [9.17, 15) is 13.2 Å². The molecule has 1 aromatic heterocycles. The number of nitrogen functional groups attached to an aromatic ring is 1. The second-order valence-corrected chi connectivity index (χ2v) is 4.28. The van der Waals surface area contributed by atoms with Crippen molar-refractivity contribution in [1.82, 2.24) is 4.98 Å². The van der Waals surface area contributed by atoms with E-state index in [4.69, 9.17) is 5.84 Å². The van der Waals surface area contributed by atoms with E-state index < -0.39 is 11.7 Å². The van der Waals surface area contributed by atoms with Gasteiger partial charge in [-0.1, -0.05) is 6.92 Å². The number of pyridine rings is 1. The van der Waals surface area contributed by atoms with Gasteiger partial charge in [0.15, 0.2) is 0 Å². The van der Waals surface area contributed by atoms with Crippen molar-refractivity contribution in [2.45, 2.75) is 39.4 Å². The lowest BCUT2D eigenvalue weighted by Gasteiger charge is -2.29. The molecule has 0 radical (unpaired) electrons. The average Bonchev–Trinajstić information content (AvgIpc) is 2.37. The summed E-state index contributed by atoms with van der Waals surface area (Å²) < 4.78 is 38.5. The molecule has 0 aliphatic heterocycles. The molecule has 0 aromatic carbocycles. The van der Waals surface area contributed by atoms with Crippen LogP contribution in [0.1, 0.15) is 32.8 Å². The highest BCUT2D eigenvalue weighted by molar-refractivity contribution is 5.51. The molecule has 3 N–H and O–H groups in total. The van der Waals surface area contributed by atoms with Crippen LogP contribution >= 0.6 is 0 Å². The molecule has 0 amide bonds. The van der Waals surface area contributed by atoms with Crippen molar-refractivity contribution in [1.29, 1.82) is 0 Å². The summed E-state index contributed by atoms with van der Waals surface area (Å²) in [6, 6.07) is 2.05. The molecule has 0 aliphatic rings. The van der Waals surface area contributed by atoms with Crippen molar-refractivity contribution in [2.75, 3.05) is 16.9 Å². The zero-order valence-corrected chi connectivity index (χ0v) is 11.3. The molecule has 7 heteroatoms. The molecule has 4 nitrogen and oxygen atoms in total. The number of hydrogen-bond acceptors (Lipinski definition) is 4. The maximum Gasteiger partial charge on any atom is 0.416 e. The molecular formula is C12H19F3N4. The Bertz CT molecular complexity index is 420. The fourth-order valence-corrected chi connectivity index (χ4v) is 1.82. The number of nitrogens with zero attached hydrogens (tertiary/aromatic N) is 2. The smallest absolute Gasteiger partial charge is 0.354 e. The molecule has 0 spiro atoms. The van der Waals surface area contributed by atoms with Gasteiger partial charge in [-0.3, -0.25) is 0 Å².